The van der Waals surface area contributed by atoms with E-state index in [4.69, 9.17) is 5.73 Å². The van der Waals surface area contributed by atoms with Gasteiger partial charge < -0.3 is 21.3 Å². The zero-order valence-electron chi connectivity index (χ0n) is 10.8. The summed E-state index contributed by atoms with van der Waals surface area (Å²) in [6.45, 7) is 0.0674. The van der Waals surface area contributed by atoms with Crippen molar-refractivity contribution < 1.29 is 15.0 Å². The first kappa shape index (κ1) is 13.9. The summed E-state index contributed by atoms with van der Waals surface area (Å²) in [7, 11) is 0. The fourth-order valence-corrected chi connectivity index (χ4v) is 1.82. The second-order valence-electron chi connectivity index (χ2n) is 4.41. The van der Waals surface area contributed by atoms with Crippen LogP contribution in [0.25, 0.3) is 0 Å². The zero-order chi connectivity index (χ0) is 14.5. The third-order valence-corrected chi connectivity index (χ3v) is 2.92. The molecule has 0 heterocycles. The van der Waals surface area contributed by atoms with E-state index in [1.165, 1.54) is 18.2 Å². The highest BCUT2D eigenvalue weighted by atomic mass is 16.3. The molecule has 0 aliphatic rings. The van der Waals surface area contributed by atoms with E-state index in [1.807, 2.05) is 18.2 Å². The molecule has 2 rings (SSSR count). The number of rotatable bonds is 4. The predicted molar refractivity (Wildman–Crippen MR) is 76.3 cm³/mol. The average Bonchev–Trinajstić information content (AvgIpc) is 2.47. The highest BCUT2D eigenvalue weighted by Crippen LogP contribution is 2.18. The van der Waals surface area contributed by atoms with Crippen LogP contribution in [0.1, 0.15) is 22.0 Å². The highest BCUT2D eigenvalue weighted by molar-refractivity contribution is 5.99. The van der Waals surface area contributed by atoms with Gasteiger partial charge >= 0.3 is 0 Å². The number of benzene rings is 2. The Bertz CT molecular complexity index is 599. The van der Waals surface area contributed by atoms with Crippen molar-refractivity contribution in [3.8, 4) is 5.75 Å². The number of phenolic OH excluding ortho intramolecular Hbond substituents is 1. The van der Waals surface area contributed by atoms with Gasteiger partial charge in [0.05, 0.1) is 11.7 Å². The van der Waals surface area contributed by atoms with Crippen LogP contribution in [-0.4, -0.2) is 22.7 Å². The monoisotopic (exact) mass is 272 g/mol. The first-order chi connectivity index (χ1) is 9.58. The first-order valence-electron chi connectivity index (χ1n) is 6.17. The van der Waals surface area contributed by atoms with Gasteiger partial charge in [0.25, 0.3) is 5.91 Å². The van der Waals surface area contributed by atoms with Crippen LogP contribution < -0.4 is 11.1 Å². The van der Waals surface area contributed by atoms with Gasteiger partial charge in [-0.15, -0.1) is 0 Å². The van der Waals surface area contributed by atoms with Gasteiger partial charge in [0.15, 0.2) is 0 Å². The Labute approximate surface area is 116 Å². The van der Waals surface area contributed by atoms with E-state index in [0.717, 1.165) is 5.56 Å². The van der Waals surface area contributed by atoms with Crippen LogP contribution in [0, 0.1) is 0 Å². The van der Waals surface area contributed by atoms with Crippen molar-refractivity contribution in [3.63, 3.8) is 0 Å². The Morgan fingerprint density at radius 3 is 2.60 bits per heavy atom. The average molecular weight is 272 g/mol. The van der Waals surface area contributed by atoms with E-state index < -0.39 is 12.0 Å². The van der Waals surface area contributed by atoms with Crippen LogP contribution >= 0.6 is 0 Å². The van der Waals surface area contributed by atoms with Gasteiger partial charge in [-0.3, -0.25) is 4.79 Å². The van der Waals surface area contributed by atoms with Crippen LogP contribution in [0.3, 0.4) is 0 Å². The number of aromatic hydroxyl groups is 1. The van der Waals surface area contributed by atoms with Crippen molar-refractivity contribution in [1.82, 2.24) is 5.32 Å². The van der Waals surface area contributed by atoms with Crippen molar-refractivity contribution in [2.75, 3.05) is 12.3 Å². The Morgan fingerprint density at radius 2 is 1.90 bits per heavy atom. The molecule has 0 saturated heterocycles. The van der Waals surface area contributed by atoms with Crippen LogP contribution in [0.2, 0.25) is 0 Å². The van der Waals surface area contributed by atoms with E-state index in [-0.39, 0.29) is 23.5 Å². The van der Waals surface area contributed by atoms with Gasteiger partial charge in [-0.1, -0.05) is 30.3 Å². The molecule has 0 aromatic heterocycles. The molecule has 2 aromatic carbocycles. The number of nitrogens with one attached hydrogen (secondary N) is 1. The molecule has 1 amide bonds. The number of nitrogens with two attached hydrogens (primary N) is 1. The molecule has 5 heteroatoms. The number of nitrogen functional groups attached to an aromatic ring is 1. The maximum Gasteiger partial charge on any atom is 0.253 e. The van der Waals surface area contributed by atoms with Crippen LogP contribution in [0.5, 0.6) is 5.75 Å². The lowest BCUT2D eigenvalue weighted by atomic mass is 10.1. The molecule has 5 N–H and O–H groups in total. The molecular weight excluding hydrogens is 256 g/mol. The lowest BCUT2D eigenvalue weighted by molar-refractivity contribution is 0.0917. The van der Waals surface area contributed by atoms with Gasteiger partial charge in [0, 0.05) is 12.2 Å². The maximum atomic E-state index is 11.9. The molecule has 0 fully saturated rings. The first-order valence-corrected chi connectivity index (χ1v) is 6.17. The Balaban J connectivity index is 2.00. The molecule has 0 aliphatic carbocycles. The molecule has 0 bridgehead atoms. The molecule has 0 aliphatic heterocycles. The lowest BCUT2D eigenvalue weighted by Crippen LogP contribution is -2.28. The minimum absolute atomic E-state index is 0.0343. The van der Waals surface area contributed by atoms with E-state index >= 15 is 0 Å². The molecule has 0 radical (unpaired) electrons. The Hall–Kier alpha value is -2.53. The molecule has 0 spiro atoms. The topological polar surface area (TPSA) is 95.6 Å². The number of aliphatic hydroxyl groups is 1. The molecule has 104 valence electrons. The summed E-state index contributed by atoms with van der Waals surface area (Å²) in [4.78, 5) is 11.9. The number of carbonyl (C=O) groups excluding carboxylic acids is 1. The summed E-state index contributed by atoms with van der Waals surface area (Å²) in [5.74, 6) is -0.471. The van der Waals surface area contributed by atoms with E-state index in [2.05, 4.69) is 5.32 Å². The summed E-state index contributed by atoms with van der Waals surface area (Å²) in [5.41, 5.74) is 6.85. The van der Waals surface area contributed by atoms with Crippen LogP contribution in [0.4, 0.5) is 5.69 Å². The van der Waals surface area contributed by atoms with E-state index in [9.17, 15) is 15.0 Å². The largest absolute Gasteiger partial charge is 0.508 e. The molecule has 1 unspecified atom stereocenters. The van der Waals surface area contributed by atoms with E-state index in [0.29, 0.717) is 0 Å². The van der Waals surface area contributed by atoms with Crippen molar-refractivity contribution >= 4 is 11.6 Å². The van der Waals surface area contributed by atoms with Crippen LogP contribution in [-0.2, 0) is 0 Å². The smallest absolute Gasteiger partial charge is 0.253 e. The van der Waals surface area contributed by atoms with Crippen molar-refractivity contribution in [2.45, 2.75) is 6.10 Å². The predicted octanol–water partition coefficient (Wildman–Crippen LogP) is 1.44. The van der Waals surface area contributed by atoms with Crippen molar-refractivity contribution in [3.05, 3.63) is 59.7 Å². The number of carbonyl (C=O) groups is 1. The number of anilines is 1. The number of amides is 1. The highest BCUT2D eigenvalue weighted by Gasteiger charge is 2.13. The second-order valence-corrected chi connectivity index (χ2v) is 4.41. The van der Waals surface area contributed by atoms with Crippen LogP contribution in [0.15, 0.2) is 48.5 Å². The van der Waals surface area contributed by atoms with Crippen molar-refractivity contribution in [1.29, 1.82) is 0 Å². The molecule has 20 heavy (non-hydrogen) atoms. The van der Waals surface area contributed by atoms with E-state index in [1.54, 1.807) is 12.1 Å². The quantitative estimate of drug-likeness (QED) is 0.500. The Morgan fingerprint density at radius 1 is 1.20 bits per heavy atom. The minimum atomic E-state index is -0.793. The van der Waals surface area contributed by atoms with Gasteiger partial charge in [0.2, 0.25) is 0 Å². The maximum absolute atomic E-state index is 11.9. The summed E-state index contributed by atoms with van der Waals surface area (Å²) in [6, 6.07) is 13.2. The third kappa shape index (κ3) is 3.27. The molecule has 0 saturated carbocycles. The SMILES string of the molecule is Nc1ccc(O)cc1C(=O)NCC(O)c1ccccc1. The number of hydrogen-bond donors (Lipinski definition) is 4. The molecular formula is C15H16N2O3. The standard InChI is InChI=1S/C15H16N2O3/c16-13-7-6-11(18)8-12(13)15(20)17-9-14(19)10-4-2-1-3-5-10/h1-8,14,18-19H,9,16H2,(H,17,20). The zero-order valence-corrected chi connectivity index (χ0v) is 10.8. The van der Waals surface area contributed by atoms with Gasteiger partial charge in [-0.2, -0.15) is 0 Å². The van der Waals surface area contributed by atoms with Gasteiger partial charge in [0.1, 0.15) is 5.75 Å². The molecule has 1 atom stereocenters. The van der Waals surface area contributed by atoms with Crippen molar-refractivity contribution in [2.24, 2.45) is 0 Å². The fourth-order valence-electron chi connectivity index (χ4n) is 1.82. The number of phenols is 1. The summed E-state index contributed by atoms with van der Waals surface area (Å²) >= 11 is 0. The fraction of sp³-hybridized carbons (Fsp3) is 0.133. The summed E-state index contributed by atoms with van der Waals surface area (Å²) in [6.07, 6.45) is -0.793. The minimum Gasteiger partial charge on any atom is -0.508 e. The summed E-state index contributed by atoms with van der Waals surface area (Å²) in [5, 5.41) is 21.9. The lowest BCUT2D eigenvalue weighted by Gasteiger charge is -2.13. The van der Waals surface area contributed by atoms with Gasteiger partial charge in [-0.25, -0.2) is 0 Å². The third-order valence-electron chi connectivity index (χ3n) is 2.92. The number of hydrogen-bond acceptors (Lipinski definition) is 4. The molecule has 5 nitrogen and oxygen atoms in total. The van der Waals surface area contributed by atoms with Gasteiger partial charge in [-0.05, 0) is 23.8 Å². The number of aliphatic hydroxyl groups excluding tert-OH is 1. The molecule has 2 aromatic rings. The normalized spacial score (nSPS) is 11.8. The second kappa shape index (κ2) is 6.08. The summed E-state index contributed by atoms with van der Waals surface area (Å²) < 4.78 is 0. The Kier molecular flexibility index (Phi) is 4.22.